The smallest absolute Gasteiger partial charge is 0.326 e. The van der Waals surface area contributed by atoms with E-state index in [1.807, 2.05) is 0 Å². The van der Waals surface area contributed by atoms with Crippen LogP contribution in [0.5, 0.6) is 5.75 Å². The number of rotatable bonds is 19. The highest BCUT2D eigenvalue weighted by atomic mass is 16.4. The minimum atomic E-state index is -1.85. The molecule has 49 heavy (non-hydrogen) atoms. The number of carboxylic acids is 3. The molecule has 0 spiro atoms. The average molecular weight is 694 g/mol. The van der Waals surface area contributed by atoms with Gasteiger partial charge in [0.05, 0.1) is 25.4 Å². The van der Waals surface area contributed by atoms with E-state index in [0.29, 0.717) is 12.0 Å². The second-order valence-corrected chi connectivity index (χ2v) is 11.2. The third-order valence-electron chi connectivity index (χ3n) is 7.31. The molecule has 1 aliphatic rings. The molecule has 12 N–H and O–H groups in total. The standard InChI is InChI=1S/C29H39N7O13/c30-16(7-8-23(40)41)25(44)34-17(11-21(31)38)27(46)35-18(12-24(42)43)26(45)32-13-22(39)33-19(10-14-3-5-15(37)6-4-14)28(47)36-9-1-2-20(36)29(48)49/h3-6,16-20,37H,1-2,7-13,30H2,(H2,31,38)(H,32,45)(H,33,39)(H,34,44)(H,35,46)(H,40,41)(H,42,43)(H,48,49)/t16-,17-,18-,19-,20-/m0/s1. The summed E-state index contributed by atoms with van der Waals surface area (Å²) in [5, 5.41) is 45.9. The van der Waals surface area contributed by atoms with Gasteiger partial charge < -0.3 is 58.1 Å². The van der Waals surface area contributed by atoms with E-state index in [4.69, 9.17) is 16.6 Å². The Morgan fingerprint density at radius 3 is 2.00 bits per heavy atom. The van der Waals surface area contributed by atoms with Crippen LogP contribution in [0.15, 0.2) is 24.3 Å². The maximum absolute atomic E-state index is 13.4. The molecular formula is C29H39N7O13. The number of carbonyl (C=O) groups is 9. The number of amides is 6. The van der Waals surface area contributed by atoms with Crippen LogP contribution in [-0.4, -0.2) is 122 Å². The highest BCUT2D eigenvalue weighted by molar-refractivity contribution is 5.98. The number of aromatic hydroxyl groups is 1. The fourth-order valence-corrected chi connectivity index (χ4v) is 4.85. The summed E-state index contributed by atoms with van der Waals surface area (Å²) < 4.78 is 0. The van der Waals surface area contributed by atoms with E-state index >= 15 is 0 Å². The quantitative estimate of drug-likeness (QED) is 0.0663. The Morgan fingerprint density at radius 1 is 0.816 bits per heavy atom. The summed E-state index contributed by atoms with van der Waals surface area (Å²) in [4.78, 5) is 111. The van der Waals surface area contributed by atoms with Crippen LogP contribution >= 0.6 is 0 Å². The molecule has 0 aliphatic carbocycles. The minimum Gasteiger partial charge on any atom is -0.508 e. The van der Waals surface area contributed by atoms with Crippen molar-refractivity contribution in [1.29, 1.82) is 0 Å². The third kappa shape index (κ3) is 13.1. The maximum atomic E-state index is 13.4. The van der Waals surface area contributed by atoms with Gasteiger partial charge in [-0.2, -0.15) is 0 Å². The van der Waals surface area contributed by atoms with Crippen molar-refractivity contribution in [3.8, 4) is 5.75 Å². The average Bonchev–Trinajstić information content (AvgIpc) is 3.52. The molecule has 20 nitrogen and oxygen atoms in total. The molecule has 5 atom stereocenters. The van der Waals surface area contributed by atoms with E-state index < -0.39 is 109 Å². The molecule has 6 amide bonds. The number of carboxylic acid groups (broad SMARTS) is 3. The first kappa shape index (κ1) is 39.4. The number of benzene rings is 1. The van der Waals surface area contributed by atoms with E-state index in [2.05, 4.69) is 21.3 Å². The van der Waals surface area contributed by atoms with Crippen molar-refractivity contribution in [3.63, 3.8) is 0 Å². The molecule has 1 saturated heterocycles. The molecule has 1 aromatic rings. The van der Waals surface area contributed by atoms with Crippen LogP contribution < -0.4 is 32.7 Å². The second-order valence-electron chi connectivity index (χ2n) is 11.2. The molecule has 0 bridgehead atoms. The maximum Gasteiger partial charge on any atom is 0.326 e. The Bertz CT molecular complexity index is 1440. The first-order valence-electron chi connectivity index (χ1n) is 14.9. The zero-order chi connectivity index (χ0) is 36.8. The Labute approximate surface area is 278 Å². The van der Waals surface area contributed by atoms with Crippen LogP contribution in [0.4, 0.5) is 0 Å². The van der Waals surface area contributed by atoms with Gasteiger partial charge in [-0.1, -0.05) is 12.1 Å². The molecule has 2 rings (SSSR count). The Kier molecular flexibility index (Phi) is 14.9. The van der Waals surface area contributed by atoms with Crippen LogP contribution in [0.2, 0.25) is 0 Å². The number of likely N-dealkylation sites (tertiary alicyclic amines) is 1. The lowest BCUT2D eigenvalue weighted by Gasteiger charge is -2.27. The van der Waals surface area contributed by atoms with Gasteiger partial charge in [0, 0.05) is 19.4 Å². The number of carbonyl (C=O) groups excluding carboxylic acids is 6. The van der Waals surface area contributed by atoms with Crippen molar-refractivity contribution in [1.82, 2.24) is 26.2 Å². The molecule has 1 aliphatic heterocycles. The summed E-state index contributed by atoms with van der Waals surface area (Å²) in [5.41, 5.74) is 11.3. The number of phenolic OH excluding ortho intramolecular Hbond substituents is 1. The molecule has 0 unspecified atom stereocenters. The fourth-order valence-electron chi connectivity index (χ4n) is 4.85. The zero-order valence-electron chi connectivity index (χ0n) is 26.1. The zero-order valence-corrected chi connectivity index (χ0v) is 26.1. The Hall–Kier alpha value is -5.79. The number of hydrogen-bond donors (Lipinski definition) is 10. The second kappa shape index (κ2) is 18.5. The van der Waals surface area contributed by atoms with Gasteiger partial charge >= 0.3 is 17.9 Å². The number of phenols is 1. The Balaban J connectivity index is 2.14. The van der Waals surface area contributed by atoms with Gasteiger partial charge in [0.2, 0.25) is 35.4 Å². The van der Waals surface area contributed by atoms with Gasteiger partial charge in [0.25, 0.3) is 0 Å². The molecule has 20 heteroatoms. The van der Waals surface area contributed by atoms with E-state index in [0.717, 1.165) is 4.90 Å². The highest BCUT2D eigenvalue weighted by Crippen LogP contribution is 2.20. The van der Waals surface area contributed by atoms with Gasteiger partial charge in [-0.3, -0.25) is 38.4 Å². The summed E-state index contributed by atoms with van der Waals surface area (Å²) in [5.74, 6) is -10.2. The SMILES string of the molecule is NC(=O)C[C@H](NC(=O)[C@@H](N)CCC(=O)O)C(=O)N[C@@H](CC(=O)O)C(=O)NCC(=O)N[C@@H](Cc1ccc(O)cc1)C(=O)N1CCC[C@H]1C(=O)O. The van der Waals surface area contributed by atoms with E-state index in [9.17, 15) is 58.5 Å². The van der Waals surface area contributed by atoms with Crippen LogP contribution in [0.1, 0.15) is 44.1 Å². The predicted octanol–water partition coefficient (Wildman–Crippen LogP) is -3.88. The number of primary amides is 1. The molecule has 268 valence electrons. The summed E-state index contributed by atoms with van der Waals surface area (Å²) in [6.07, 6.45) is -2.12. The normalized spacial score (nSPS) is 16.3. The summed E-state index contributed by atoms with van der Waals surface area (Å²) in [6, 6.07) is -1.74. The Morgan fingerprint density at radius 2 is 1.43 bits per heavy atom. The molecule has 0 radical (unpaired) electrons. The lowest BCUT2D eigenvalue weighted by molar-refractivity contribution is -0.149. The minimum absolute atomic E-state index is 0.0606. The first-order chi connectivity index (χ1) is 23.0. The molecule has 1 fully saturated rings. The third-order valence-corrected chi connectivity index (χ3v) is 7.31. The lowest BCUT2D eigenvalue weighted by atomic mass is 10.0. The predicted molar refractivity (Wildman–Crippen MR) is 164 cm³/mol. The summed E-state index contributed by atoms with van der Waals surface area (Å²) in [6.45, 7) is -0.705. The number of hydrogen-bond acceptors (Lipinski definition) is 11. The van der Waals surface area contributed by atoms with Gasteiger partial charge in [0.1, 0.15) is 29.9 Å². The van der Waals surface area contributed by atoms with Gasteiger partial charge in [-0.25, -0.2) is 4.79 Å². The van der Waals surface area contributed by atoms with Crippen LogP contribution in [0.3, 0.4) is 0 Å². The van der Waals surface area contributed by atoms with Gasteiger partial charge in [-0.05, 0) is 37.0 Å². The highest BCUT2D eigenvalue weighted by Gasteiger charge is 2.38. The largest absolute Gasteiger partial charge is 0.508 e. The molecule has 1 aromatic carbocycles. The topological polar surface area (TPSA) is 338 Å². The van der Waals surface area contributed by atoms with Crippen LogP contribution in [0, 0.1) is 0 Å². The molecule has 1 heterocycles. The number of nitrogens with one attached hydrogen (secondary N) is 4. The van der Waals surface area contributed by atoms with Crippen molar-refractivity contribution in [3.05, 3.63) is 29.8 Å². The number of nitrogens with zero attached hydrogens (tertiary/aromatic N) is 1. The van der Waals surface area contributed by atoms with E-state index in [1.165, 1.54) is 24.3 Å². The summed E-state index contributed by atoms with van der Waals surface area (Å²) >= 11 is 0. The van der Waals surface area contributed by atoms with Crippen molar-refractivity contribution >= 4 is 53.4 Å². The van der Waals surface area contributed by atoms with Crippen molar-refractivity contribution in [2.24, 2.45) is 11.5 Å². The van der Waals surface area contributed by atoms with Gasteiger partial charge in [-0.15, -0.1) is 0 Å². The van der Waals surface area contributed by atoms with Crippen molar-refractivity contribution in [2.75, 3.05) is 13.1 Å². The monoisotopic (exact) mass is 693 g/mol. The van der Waals surface area contributed by atoms with Crippen molar-refractivity contribution < 1.29 is 63.6 Å². The number of aliphatic carboxylic acids is 3. The van der Waals surface area contributed by atoms with Crippen LogP contribution in [0.25, 0.3) is 0 Å². The molecule has 0 aromatic heterocycles. The first-order valence-corrected chi connectivity index (χ1v) is 14.9. The molecule has 0 saturated carbocycles. The van der Waals surface area contributed by atoms with E-state index in [-0.39, 0.29) is 31.6 Å². The summed E-state index contributed by atoms with van der Waals surface area (Å²) in [7, 11) is 0. The number of nitrogens with two attached hydrogens (primary N) is 2. The van der Waals surface area contributed by atoms with Crippen molar-refractivity contribution in [2.45, 2.75) is 75.2 Å². The van der Waals surface area contributed by atoms with Gasteiger partial charge in [0.15, 0.2) is 0 Å². The fraction of sp³-hybridized carbons (Fsp3) is 0.483. The lowest BCUT2D eigenvalue weighted by Crippen LogP contribution is -2.58. The van der Waals surface area contributed by atoms with E-state index in [1.54, 1.807) is 0 Å². The molecular weight excluding hydrogens is 654 g/mol. The van der Waals surface area contributed by atoms with Crippen LogP contribution in [-0.2, 0) is 49.6 Å².